The lowest BCUT2D eigenvalue weighted by Crippen LogP contribution is -2.69. The molecule has 0 aromatic rings. The van der Waals surface area contributed by atoms with Crippen LogP contribution in [0.25, 0.3) is 0 Å². The summed E-state index contributed by atoms with van der Waals surface area (Å²) in [7, 11) is 0. The van der Waals surface area contributed by atoms with Crippen molar-refractivity contribution in [1.82, 2.24) is 16.0 Å². The number of ether oxygens (including phenoxy) is 8. The Morgan fingerprint density at radius 2 is 1.40 bits per heavy atom. The molecule has 6 N–H and O–H groups in total. The number of rotatable bonds is 10. The van der Waals surface area contributed by atoms with E-state index in [2.05, 4.69) is 16.0 Å². The summed E-state index contributed by atoms with van der Waals surface area (Å²) in [6.45, 7) is 20.9. The van der Waals surface area contributed by atoms with Gasteiger partial charge in [-0.05, 0) is 88.0 Å². The molecule has 14 atom stereocenters. The van der Waals surface area contributed by atoms with Gasteiger partial charge in [-0.2, -0.15) is 0 Å². The lowest BCUT2D eigenvalue weighted by atomic mass is 9.82. The third-order valence-corrected chi connectivity index (χ3v) is 10.4. The lowest BCUT2D eigenvalue weighted by molar-refractivity contribution is -0.316. The summed E-state index contributed by atoms with van der Waals surface area (Å²) in [5, 5.41) is 42.8. The maximum Gasteiger partial charge on any atom is 0.407 e. The fraction of sp³-hybridized carbons (Fsp3) is 0.921. The Bertz CT molecular complexity index is 1320. The number of amides is 3. The Morgan fingerprint density at radius 1 is 0.818 bits per heavy atom. The SMILES string of the molecule is CCC1OC(C)(C)O[C@@H]1C(=O)N[C@@H]1C[C@H](NC(=O)OC(C)(C)C)C(O[C@H]2O[C@H](CNC(=O)OC(C)(C)C)CCC2C)C(O)C1O[C@H]1OCC(C)(O)[C@H](C)C1O. The molecule has 318 valence electrons. The third kappa shape index (κ3) is 12.3. The topological polar surface area (TPSA) is 222 Å². The molecule has 0 radical (unpaired) electrons. The average molecular weight is 790 g/mol. The van der Waals surface area contributed by atoms with Gasteiger partial charge in [-0.1, -0.05) is 20.8 Å². The maximum absolute atomic E-state index is 13.9. The second kappa shape index (κ2) is 17.6. The highest BCUT2D eigenvalue weighted by Crippen LogP contribution is 2.36. The molecule has 1 aliphatic carbocycles. The van der Waals surface area contributed by atoms with Crippen LogP contribution < -0.4 is 16.0 Å². The average Bonchev–Trinajstić information content (AvgIpc) is 3.37. The van der Waals surface area contributed by atoms with Crippen LogP contribution in [-0.4, -0.2) is 137 Å². The largest absolute Gasteiger partial charge is 0.444 e. The molecule has 17 heteroatoms. The summed E-state index contributed by atoms with van der Waals surface area (Å²) in [5.74, 6) is -2.38. The van der Waals surface area contributed by atoms with Gasteiger partial charge in [0.05, 0.1) is 36.5 Å². The molecule has 0 bridgehead atoms. The minimum Gasteiger partial charge on any atom is -0.444 e. The number of nitrogens with one attached hydrogen (secondary N) is 3. The number of aliphatic hydroxyl groups is 3. The Morgan fingerprint density at radius 3 is 2.00 bits per heavy atom. The molecule has 7 unspecified atom stereocenters. The van der Waals surface area contributed by atoms with Crippen LogP contribution >= 0.6 is 0 Å². The molecule has 0 aromatic carbocycles. The molecule has 4 fully saturated rings. The van der Waals surface area contributed by atoms with Crippen molar-refractivity contribution >= 4 is 18.1 Å². The van der Waals surface area contributed by atoms with Crippen LogP contribution in [0.15, 0.2) is 0 Å². The van der Waals surface area contributed by atoms with Crippen LogP contribution in [0.4, 0.5) is 9.59 Å². The lowest BCUT2D eigenvalue weighted by Gasteiger charge is -2.49. The predicted molar refractivity (Wildman–Crippen MR) is 196 cm³/mol. The Labute approximate surface area is 325 Å². The van der Waals surface area contributed by atoms with Crippen LogP contribution in [0, 0.1) is 11.8 Å². The van der Waals surface area contributed by atoms with Crippen molar-refractivity contribution in [2.45, 2.75) is 199 Å². The van der Waals surface area contributed by atoms with Gasteiger partial charge in [-0.3, -0.25) is 4.79 Å². The fourth-order valence-electron chi connectivity index (χ4n) is 7.24. The summed E-state index contributed by atoms with van der Waals surface area (Å²) in [6.07, 6.45) is -9.11. The molecule has 3 heterocycles. The number of hydrogen-bond acceptors (Lipinski definition) is 14. The van der Waals surface area contributed by atoms with Gasteiger partial charge < -0.3 is 69.2 Å². The van der Waals surface area contributed by atoms with Gasteiger partial charge in [0.15, 0.2) is 24.5 Å². The van der Waals surface area contributed by atoms with E-state index in [-0.39, 0.29) is 25.5 Å². The van der Waals surface area contributed by atoms with E-state index in [0.717, 1.165) is 0 Å². The van der Waals surface area contributed by atoms with Gasteiger partial charge in [0.2, 0.25) is 0 Å². The van der Waals surface area contributed by atoms with E-state index in [9.17, 15) is 29.7 Å². The molecule has 1 saturated carbocycles. The quantitative estimate of drug-likeness (QED) is 0.187. The first-order valence-electron chi connectivity index (χ1n) is 19.6. The van der Waals surface area contributed by atoms with E-state index in [0.29, 0.717) is 19.3 Å². The van der Waals surface area contributed by atoms with Crippen molar-refractivity contribution < 1.29 is 67.6 Å². The molecule has 3 aliphatic heterocycles. The predicted octanol–water partition coefficient (Wildman–Crippen LogP) is 2.60. The minimum absolute atomic E-state index is 0.0219. The van der Waals surface area contributed by atoms with Crippen molar-refractivity contribution in [3.63, 3.8) is 0 Å². The minimum atomic E-state index is -1.55. The van der Waals surface area contributed by atoms with E-state index in [4.69, 9.17) is 37.9 Å². The number of alkyl carbamates (subject to hydrolysis) is 2. The molecule has 55 heavy (non-hydrogen) atoms. The maximum atomic E-state index is 13.9. The van der Waals surface area contributed by atoms with Crippen molar-refractivity contribution in [3.8, 4) is 0 Å². The summed E-state index contributed by atoms with van der Waals surface area (Å²) in [6, 6.07) is -1.95. The van der Waals surface area contributed by atoms with E-state index in [1.807, 2.05) is 13.8 Å². The van der Waals surface area contributed by atoms with Crippen molar-refractivity contribution in [2.75, 3.05) is 13.2 Å². The van der Waals surface area contributed by atoms with Gasteiger partial charge in [0.1, 0.15) is 35.6 Å². The molecule has 0 aromatic heterocycles. The Kier molecular flexibility index (Phi) is 14.6. The summed E-state index contributed by atoms with van der Waals surface area (Å²) in [5.41, 5.74) is -2.88. The molecule has 3 amide bonds. The van der Waals surface area contributed by atoms with Crippen LogP contribution in [0.3, 0.4) is 0 Å². The van der Waals surface area contributed by atoms with Gasteiger partial charge in [0.25, 0.3) is 5.91 Å². The van der Waals surface area contributed by atoms with E-state index >= 15 is 0 Å². The third-order valence-electron chi connectivity index (χ3n) is 10.4. The number of carbonyl (C=O) groups excluding carboxylic acids is 3. The summed E-state index contributed by atoms with van der Waals surface area (Å²) in [4.78, 5) is 39.6. The first-order chi connectivity index (χ1) is 25.3. The molecule has 17 nitrogen and oxygen atoms in total. The molecule has 4 rings (SSSR count). The van der Waals surface area contributed by atoms with Gasteiger partial charge in [0, 0.05) is 18.4 Å². The second-order valence-corrected chi connectivity index (χ2v) is 18.2. The first-order valence-corrected chi connectivity index (χ1v) is 19.6. The molecule has 0 spiro atoms. The standard InChI is InChI=1S/C38H67N3O14/c1-13-24-29(53-37(10,11)52-24)30(44)40-22-16-23(41-34(46)55-36(7,8)9)28(26(43)27(22)51-32-25(42)20(3)38(12,47)18-48-32)50-31-19(2)14-15-21(49-31)17-39-33(45)54-35(4,5)6/h19-29,31-32,42-43,47H,13-18H2,1-12H3,(H,39,45)(H,40,44)(H,41,46)/t19?,20-,21+,22-,23+,24?,25?,26?,27?,28?,29+,31-,32-,38?/m1/s1. The van der Waals surface area contributed by atoms with Crippen LogP contribution in [0.2, 0.25) is 0 Å². The van der Waals surface area contributed by atoms with Crippen molar-refractivity contribution in [1.29, 1.82) is 0 Å². The molecule has 3 saturated heterocycles. The van der Waals surface area contributed by atoms with Gasteiger partial charge >= 0.3 is 12.2 Å². The monoisotopic (exact) mass is 789 g/mol. The fourth-order valence-corrected chi connectivity index (χ4v) is 7.24. The first kappa shape index (κ1) is 45.4. The zero-order chi connectivity index (χ0) is 41.3. The zero-order valence-corrected chi connectivity index (χ0v) is 34.6. The van der Waals surface area contributed by atoms with E-state index in [1.165, 1.54) is 0 Å². The van der Waals surface area contributed by atoms with Crippen LogP contribution in [-0.2, 0) is 42.7 Å². The smallest absolute Gasteiger partial charge is 0.407 e. The van der Waals surface area contributed by atoms with E-state index < -0.39 is 114 Å². The Balaban J connectivity index is 1.63. The van der Waals surface area contributed by atoms with Gasteiger partial charge in [-0.15, -0.1) is 0 Å². The van der Waals surface area contributed by atoms with Gasteiger partial charge in [-0.25, -0.2) is 9.59 Å². The number of hydrogen-bond donors (Lipinski definition) is 6. The van der Waals surface area contributed by atoms with Crippen LogP contribution in [0.1, 0.15) is 109 Å². The summed E-state index contributed by atoms with van der Waals surface area (Å²) < 4.78 is 47.9. The second-order valence-electron chi connectivity index (χ2n) is 18.2. The number of aliphatic hydroxyl groups excluding tert-OH is 2. The van der Waals surface area contributed by atoms with E-state index in [1.54, 1.807) is 69.2 Å². The molecule has 4 aliphatic rings. The normalized spacial score (nSPS) is 39.5. The zero-order valence-electron chi connectivity index (χ0n) is 34.6. The van der Waals surface area contributed by atoms with Crippen LogP contribution in [0.5, 0.6) is 0 Å². The van der Waals surface area contributed by atoms with Crippen molar-refractivity contribution in [2.24, 2.45) is 11.8 Å². The highest BCUT2D eigenvalue weighted by Gasteiger charge is 2.53. The number of carbonyl (C=O) groups is 3. The Hall–Kier alpha value is -2.35. The molecular weight excluding hydrogens is 722 g/mol. The van der Waals surface area contributed by atoms with Crippen molar-refractivity contribution in [3.05, 3.63) is 0 Å². The molecular formula is C38H67N3O14. The highest BCUT2D eigenvalue weighted by atomic mass is 16.8. The summed E-state index contributed by atoms with van der Waals surface area (Å²) >= 11 is 0. The highest BCUT2D eigenvalue weighted by molar-refractivity contribution is 5.82.